The number of amides is 4. The number of carbonyl (C=O) groups excluding carboxylic acids is 4. The average molecular weight is 573 g/mol. The Morgan fingerprint density at radius 3 is 2.40 bits per heavy atom. The third-order valence-electron chi connectivity index (χ3n) is 8.60. The highest BCUT2D eigenvalue weighted by atomic mass is 16.2. The molecule has 2 aromatic carbocycles. The molecule has 2 heterocycles. The van der Waals surface area contributed by atoms with Crippen molar-refractivity contribution < 1.29 is 19.2 Å². The molecule has 2 aliphatic rings. The number of anilines is 1. The van der Waals surface area contributed by atoms with Gasteiger partial charge in [-0.1, -0.05) is 37.5 Å². The predicted octanol–water partition coefficient (Wildman–Crippen LogP) is 2.68. The molecule has 10 heteroatoms. The fraction of sp³-hybridized carbons (Fsp3) is 0.438. The molecule has 1 aliphatic heterocycles. The van der Waals surface area contributed by atoms with Gasteiger partial charge in [0.05, 0.1) is 6.54 Å². The minimum absolute atomic E-state index is 0.0388. The molecule has 2 unspecified atom stereocenters. The molecule has 1 aromatic heterocycles. The van der Waals surface area contributed by atoms with Crippen LogP contribution in [0, 0.1) is 5.92 Å². The van der Waals surface area contributed by atoms with Gasteiger partial charge in [-0.05, 0) is 48.7 Å². The van der Waals surface area contributed by atoms with E-state index in [0.717, 1.165) is 54.3 Å². The Hall–Kier alpha value is -4.34. The lowest BCUT2D eigenvalue weighted by Crippen LogP contribution is -2.64. The van der Waals surface area contributed by atoms with Crippen molar-refractivity contribution in [1.29, 1.82) is 0 Å². The smallest absolute Gasteiger partial charge is 0.254 e. The number of fused-ring (bicyclic) bond motifs is 1. The molecule has 5 rings (SSSR count). The van der Waals surface area contributed by atoms with Crippen LogP contribution in [-0.4, -0.2) is 84.2 Å². The lowest BCUT2D eigenvalue weighted by atomic mass is 9.87. The maximum atomic E-state index is 13.9. The zero-order valence-corrected chi connectivity index (χ0v) is 24.3. The number of carbonyl (C=O) groups is 4. The minimum Gasteiger partial charge on any atom is -0.378 e. The number of H-pyrrole nitrogens is 1. The predicted molar refractivity (Wildman–Crippen MR) is 162 cm³/mol. The van der Waals surface area contributed by atoms with Crippen LogP contribution in [0.1, 0.15) is 48.0 Å². The van der Waals surface area contributed by atoms with Crippen molar-refractivity contribution in [3.05, 3.63) is 65.9 Å². The zero-order chi connectivity index (χ0) is 29.8. The summed E-state index contributed by atoms with van der Waals surface area (Å²) in [6.45, 7) is 0.612. The quantitative estimate of drug-likeness (QED) is 0.382. The highest BCUT2D eigenvalue weighted by Crippen LogP contribution is 2.28. The monoisotopic (exact) mass is 572 g/mol. The van der Waals surface area contributed by atoms with Crippen molar-refractivity contribution in [2.24, 2.45) is 11.7 Å². The first-order chi connectivity index (χ1) is 20.2. The Morgan fingerprint density at radius 1 is 1.00 bits per heavy atom. The van der Waals surface area contributed by atoms with Crippen LogP contribution in [0.25, 0.3) is 10.9 Å². The number of benzene rings is 2. The molecular formula is C32H40N6O4. The normalized spacial score (nSPS) is 18.5. The number of hydrogen-bond acceptors (Lipinski definition) is 5. The van der Waals surface area contributed by atoms with E-state index in [1.54, 1.807) is 21.9 Å². The van der Waals surface area contributed by atoms with E-state index in [1.165, 1.54) is 0 Å². The van der Waals surface area contributed by atoms with Gasteiger partial charge in [-0.25, -0.2) is 0 Å². The van der Waals surface area contributed by atoms with Crippen LogP contribution in [0.2, 0.25) is 0 Å². The van der Waals surface area contributed by atoms with Gasteiger partial charge in [0.25, 0.3) is 5.91 Å². The first-order valence-electron chi connectivity index (χ1n) is 14.7. The van der Waals surface area contributed by atoms with Crippen LogP contribution in [0.5, 0.6) is 0 Å². The lowest BCUT2D eigenvalue weighted by molar-refractivity contribution is -0.147. The Balaban J connectivity index is 1.36. The number of nitrogens with zero attached hydrogens (tertiary/aromatic N) is 3. The van der Waals surface area contributed by atoms with Gasteiger partial charge in [-0.15, -0.1) is 0 Å². The molecular weight excluding hydrogens is 532 g/mol. The van der Waals surface area contributed by atoms with E-state index in [4.69, 9.17) is 5.73 Å². The fourth-order valence-corrected chi connectivity index (χ4v) is 6.14. The number of nitrogens with two attached hydrogens (primary N) is 1. The van der Waals surface area contributed by atoms with Gasteiger partial charge in [0, 0.05) is 67.9 Å². The van der Waals surface area contributed by atoms with Gasteiger partial charge in [0.2, 0.25) is 17.7 Å². The van der Waals surface area contributed by atoms with Crippen molar-refractivity contribution in [3.63, 3.8) is 0 Å². The first-order valence-corrected chi connectivity index (χ1v) is 14.7. The van der Waals surface area contributed by atoms with Gasteiger partial charge in [-0.3, -0.25) is 19.2 Å². The number of hydrogen-bond donors (Lipinski definition) is 3. The summed E-state index contributed by atoms with van der Waals surface area (Å²) in [5.41, 5.74) is 9.02. The third kappa shape index (κ3) is 6.27. The standard InChI is InChI=1S/C32H40N6O4/c1-36(2)24-14-12-22(13-15-24)31(41)37-16-17-38(32(42)21-8-4-3-5-9-21)28(20-37)30(40)35-27(29(33)39)18-23-19-34-26-11-7-6-10-25(23)26/h6-7,10-15,19,21,27-28,34H,3-5,8-9,16-18,20H2,1-2H3,(H2,33,39)(H,35,40). The highest BCUT2D eigenvalue weighted by molar-refractivity contribution is 5.97. The number of primary amides is 1. The molecule has 222 valence electrons. The SMILES string of the molecule is CN(C)c1ccc(C(=O)N2CCN(C(=O)C3CCCCC3)C(C(=O)NC(Cc3c[nH]c4ccccc34)C(N)=O)C2)cc1. The molecule has 1 saturated heterocycles. The summed E-state index contributed by atoms with van der Waals surface area (Å²) in [5, 5.41) is 3.78. The Morgan fingerprint density at radius 2 is 1.71 bits per heavy atom. The maximum Gasteiger partial charge on any atom is 0.254 e. The molecule has 2 fully saturated rings. The van der Waals surface area contributed by atoms with Crippen LogP contribution in [0.4, 0.5) is 5.69 Å². The molecule has 0 radical (unpaired) electrons. The Kier molecular flexibility index (Phi) is 8.80. The number of aromatic nitrogens is 1. The summed E-state index contributed by atoms with van der Waals surface area (Å²) >= 11 is 0. The second-order valence-corrected chi connectivity index (χ2v) is 11.6. The maximum absolute atomic E-state index is 13.9. The first kappa shape index (κ1) is 29.2. The van der Waals surface area contributed by atoms with E-state index in [-0.39, 0.29) is 37.2 Å². The fourth-order valence-electron chi connectivity index (χ4n) is 6.14. The number of rotatable bonds is 8. The average Bonchev–Trinajstić information content (AvgIpc) is 3.42. The zero-order valence-electron chi connectivity index (χ0n) is 24.3. The summed E-state index contributed by atoms with van der Waals surface area (Å²) in [4.78, 5) is 61.9. The topological polar surface area (TPSA) is 132 Å². The van der Waals surface area contributed by atoms with E-state index in [1.807, 2.05) is 61.6 Å². The lowest BCUT2D eigenvalue weighted by Gasteiger charge is -2.42. The van der Waals surface area contributed by atoms with Crippen molar-refractivity contribution in [2.45, 2.75) is 50.6 Å². The van der Waals surface area contributed by atoms with E-state index in [9.17, 15) is 19.2 Å². The number of nitrogens with one attached hydrogen (secondary N) is 2. The Bertz CT molecular complexity index is 1440. The molecule has 10 nitrogen and oxygen atoms in total. The van der Waals surface area contributed by atoms with Crippen LogP contribution in [-0.2, 0) is 20.8 Å². The van der Waals surface area contributed by atoms with Gasteiger partial charge in [0.15, 0.2) is 0 Å². The van der Waals surface area contributed by atoms with E-state index < -0.39 is 23.9 Å². The summed E-state index contributed by atoms with van der Waals surface area (Å²) in [7, 11) is 3.86. The molecule has 1 aliphatic carbocycles. The van der Waals surface area contributed by atoms with E-state index in [2.05, 4.69) is 10.3 Å². The summed E-state index contributed by atoms with van der Waals surface area (Å²) in [6, 6.07) is 13.1. The van der Waals surface area contributed by atoms with Crippen LogP contribution in [0.3, 0.4) is 0 Å². The van der Waals surface area contributed by atoms with Crippen LogP contribution in [0.15, 0.2) is 54.7 Å². The second-order valence-electron chi connectivity index (χ2n) is 11.6. The molecule has 2 atom stereocenters. The molecule has 42 heavy (non-hydrogen) atoms. The minimum atomic E-state index is -0.979. The molecule has 3 aromatic rings. The number of para-hydroxylation sites is 1. The highest BCUT2D eigenvalue weighted by Gasteiger charge is 2.40. The summed E-state index contributed by atoms with van der Waals surface area (Å²) in [5.74, 6) is -1.53. The van der Waals surface area contributed by atoms with Gasteiger partial charge in [-0.2, -0.15) is 0 Å². The van der Waals surface area contributed by atoms with Gasteiger partial charge in [0.1, 0.15) is 12.1 Å². The van der Waals surface area contributed by atoms with Crippen molar-refractivity contribution in [3.8, 4) is 0 Å². The molecule has 4 amide bonds. The Labute approximate surface area is 246 Å². The third-order valence-corrected chi connectivity index (χ3v) is 8.60. The summed E-state index contributed by atoms with van der Waals surface area (Å²) in [6.07, 6.45) is 6.70. The van der Waals surface area contributed by atoms with Gasteiger partial charge < -0.3 is 30.7 Å². The number of aromatic amines is 1. The van der Waals surface area contributed by atoms with Crippen molar-refractivity contribution in [2.75, 3.05) is 38.6 Å². The molecule has 0 spiro atoms. The summed E-state index contributed by atoms with van der Waals surface area (Å²) < 4.78 is 0. The molecule has 0 bridgehead atoms. The largest absolute Gasteiger partial charge is 0.378 e. The van der Waals surface area contributed by atoms with Crippen molar-refractivity contribution >= 4 is 40.2 Å². The van der Waals surface area contributed by atoms with Crippen LogP contribution < -0.4 is 16.0 Å². The van der Waals surface area contributed by atoms with E-state index >= 15 is 0 Å². The molecule has 1 saturated carbocycles. The molecule has 4 N–H and O–H groups in total. The van der Waals surface area contributed by atoms with Crippen molar-refractivity contribution in [1.82, 2.24) is 20.1 Å². The van der Waals surface area contributed by atoms with E-state index in [0.29, 0.717) is 12.1 Å². The van der Waals surface area contributed by atoms with Crippen LogP contribution >= 0.6 is 0 Å². The van der Waals surface area contributed by atoms with Gasteiger partial charge >= 0.3 is 0 Å². The second kappa shape index (κ2) is 12.7. The number of piperazine rings is 1.